The Hall–Kier alpha value is -1.31. The normalized spacial score (nSPS) is 13.0. The van der Waals surface area contributed by atoms with Crippen molar-refractivity contribution in [3.63, 3.8) is 0 Å². The Balaban J connectivity index is 2.82. The number of nitrogens with one attached hydrogen (secondary N) is 2. The summed E-state index contributed by atoms with van der Waals surface area (Å²) >= 11 is 6.00. The molecule has 1 aromatic rings. The van der Waals surface area contributed by atoms with E-state index in [2.05, 4.69) is 10.0 Å². The molecule has 130 valence electrons. The summed E-state index contributed by atoms with van der Waals surface area (Å²) in [6.07, 6.45) is 0. The molecule has 0 spiro atoms. The Kier molecular flexibility index (Phi) is 7.31. The fraction of sp³-hybridized carbons (Fsp3) is 0.533. The van der Waals surface area contributed by atoms with Crippen LogP contribution in [0.1, 0.15) is 27.7 Å². The SMILES string of the molecule is CCOc1ccc(S(=O)(=O)N[C@H](C)C(=O)NCC(C)C)cc1Cl. The van der Waals surface area contributed by atoms with Crippen LogP contribution < -0.4 is 14.8 Å². The molecule has 0 heterocycles. The average Bonchev–Trinajstić information content (AvgIpc) is 2.46. The summed E-state index contributed by atoms with van der Waals surface area (Å²) < 4.78 is 32.2. The summed E-state index contributed by atoms with van der Waals surface area (Å²) in [6.45, 7) is 8.12. The lowest BCUT2D eigenvalue weighted by molar-refractivity contribution is -0.122. The van der Waals surface area contributed by atoms with Gasteiger partial charge in [0.25, 0.3) is 0 Å². The van der Waals surface area contributed by atoms with Crippen molar-refractivity contribution < 1.29 is 17.9 Å². The number of hydrogen-bond donors (Lipinski definition) is 2. The Morgan fingerprint density at radius 3 is 2.48 bits per heavy atom. The van der Waals surface area contributed by atoms with Crippen molar-refractivity contribution in [2.45, 2.75) is 38.6 Å². The Labute approximate surface area is 142 Å². The van der Waals surface area contributed by atoms with Crippen LogP contribution in [0, 0.1) is 5.92 Å². The maximum absolute atomic E-state index is 12.3. The Morgan fingerprint density at radius 1 is 1.30 bits per heavy atom. The van der Waals surface area contributed by atoms with Gasteiger partial charge in [0.2, 0.25) is 15.9 Å². The molecule has 0 fully saturated rings. The minimum absolute atomic E-state index is 0.0190. The van der Waals surface area contributed by atoms with Gasteiger partial charge in [0.15, 0.2) is 0 Å². The predicted molar refractivity (Wildman–Crippen MR) is 90.3 cm³/mol. The van der Waals surface area contributed by atoms with Crippen LogP contribution in [0.4, 0.5) is 0 Å². The van der Waals surface area contributed by atoms with Gasteiger partial charge in [-0.25, -0.2) is 8.42 Å². The molecular formula is C15H23ClN2O4S. The molecule has 1 rings (SSSR count). The van der Waals surface area contributed by atoms with Gasteiger partial charge in [-0.3, -0.25) is 4.79 Å². The molecule has 8 heteroatoms. The van der Waals surface area contributed by atoms with Crippen LogP contribution in [0.3, 0.4) is 0 Å². The highest BCUT2D eigenvalue weighted by Crippen LogP contribution is 2.27. The second kappa shape index (κ2) is 8.52. The number of carbonyl (C=O) groups is 1. The molecule has 0 aliphatic rings. The molecule has 1 aromatic carbocycles. The Morgan fingerprint density at radius 2 is 1.96 bits per heavy atom. The molecule has 1 amide bonds. The highest BCUT2D eigenvalue weighted by Gasteiger charge is 2.22. The summed E-state index contributed by atoms with van der Waals surface area (Å²) in [5, 5.41) is 2.88. The minimum atomic E-state index is -3.85. The second-order valence-corrected chi connectivity index (χ2v) is 7.63. The average molecular weight is 363 g/mol. The summed E-state index contributed by atoms with van der Waals surface area (Å²) in [5.74, 6) is 0.322. The summed E-state index contributed by atoms with van der Waals surface area (Å²) in [4.78, 5) is 11.9. The first-order valence-electron chi connectivity index (χ1n) is 7.39. The van der Waals surface area contributed by atoms with Crippen LogP contribution in [-0.2, 0) is 14.8 Å². The number of amides is 1. The maximum Gasteiger partial charge on any atom is 0.241 e. The molecule has 23 heavy (non-hydrogen) atoms. The third-order valence-electron chi connectivity index (χ3n) is 2.92. The van der Waals surface area contributed by atoms with Crippen LogP contribution in [-0.4, -0.2) is 33.5 Å². The van der Waals surface area contributed by atoms with Crippen LogP contribution in [0.2, 0.25) is 5.02 Å². The van der Waals surface area contributed by atoms with Crippen LogP contribution in [0.5, 0.6) is 5.75 Å². The van der Waals surface area contributed by atoms with E-state index in [1.54, 1.807) is 6.92 Å². The van der Waals surface area contributed by atoms with Gasteiger partial charge in [-0.05, 0) is 38.0 Å². The van der Waals surface area contributed by atoms with E-state index in [0.717, 1.165) is 0 Å². The van der Waals surface area contributed by atoms with Crippen molar-refractivity contribution in [2.75, 3.05) is 13.2 Å². The van der Waals surface area contributed by atoms with Crippen molar-refractivity contribution in [1.82, 2.24) is 10.0 Å². The monoisotopic (exact) mass is 362 g/mol. The van der Waals surface area contributed by atoms with Crippen LogP contribution in [0.15, 0.2) is 23.1 Å². The molecule has 0 aliphatic carbocycles. The third-order valence-corrected chi connectivity index (χ3v) is 4.76. The number of benzene rings is 1. The molecule has 0 saturated carbocycles. The molecule has 0 unspecified atom stereocenters. The predicted octanol–water partition coefficient (Wildman–Crippen LogP) is 2.18. The van der Waals surface area contributed by atoms with E-state index in [9.17, 15) is 13.2 Å². The van der Waals surface area contributed by atoms with Gasteiger partial charge in [-0.15, -0.1) is 0 Å². The zero-order valence-corrected chi connectivity index (χ0v) is 15.3. The van der Waals surface area contributed by atoms with Gasteiger partial charge in [-0.1, -0.05) is 25.4 Å². The quantitative estimate of drug-likeness (QED) is 0.742. The van der Waals surface area contributed by atoms with Crippen LogP contribution in [0.25, 0.3) is 0 Å². The smallest absolute Gasteiger partial charge is 0.241 e. The lowest BCUT2D eigenvalue weighted by atomic mass is 10.2. The molecule has 0 aromatic heterocycles. The van der Waals surface area contributed by atoms with Gasteiger partial charge in [0, 0.05) is 6.54 Å². The van der Waals surface area contributed by atoms with Crippen molar-refractivity contribution in [3.05, 3.63) is 23.2 Å². The largest absolute Gasteiger partial charge is 0.492 e. The molecule has 0 aliphatic heterocycles. The molecule has 0 radical (unpaired) electrons. The van der Waals surface area contributed by atoms with E-state index in [0.29, 0.717) is 18.9 Å². The molecule has 0 bridgehead atoms. The first kappa shape index (κ1) is 19.7. The molecule has 6 nitrogen and oxygen atoms in total. The van der Waals surface area contributed by atoms with Gasteiger partial charge in [-0.2, -0.15) is 4.72 Å². The first-order valence-corrected chi connectivity index (χ1v) is 9.25. The van der Waals surface area contributed by atoms with Crippen molar-refractivity contribution in [3.8, 4) is 5.75 Å². The second-order valence-electron chi connectivity index (χ2n) is 5.51. The van der Waals surface area contributed by atoms with E-state index in [-0.39, 0.29) is 21.7 Å². The number of sulfonamides is 1. The topological polar surface area (TPSA) is 84.5 Å². The molecule has 1 atom stereocenters. The molecular weight excluding hydrogens is 340 g/mol. The van der Waals surface area contributed by atoms with Gasteiger partial charge < -0.3 is 10.1 Å². The zero-order valence-electron chi connectivity index (χ0n) is 13.7. The van der Waals surface area contributed by atoms with E-state index in [1.807, 2.05) is 13.8 Å². The Bertz CT molecular complexity index is 647. The maximum atomic E-state index is 12.3. The number of hydrogen-bond acceptors (Lipinski definition) is 4. The van der Waals surface area contributed by atoms with Crippen molar-refractivity contribution in [2.24, 2.45) is 5.92 Å². The van der Waals surface area contributed by atoms with Crippen molar-refractivity contribution >= 4 is 27.5 Å². The van der Waals surface area contributed by atoms with Gasteiger partial charge >= 0.3 is 0 Å². The van der Waals surface area contributed by atoms with E-state index in [1.165, 1.54) is 25.1 Å². The minimum Gasteiger partial charge on any atom is -0.492 e. The zero-order chi connectivity index (χ0) is 17.6. The summed E-state index contributed by atoms with van der Waals surface area (Å²) in [6, 6.07) is 3.29. The fourth-order valence-electron chi connectivity index (χ4n) is 1.73. The van der Waals surface area contributed by atoms with E-state index >= 15 is 0 Å². The van der Waals surface area contributed by atoms with E-state index in [4.69, 9.17) is 16.3 Å². The van der Waals surface area contributed by atoms with Crippen molar-refractivity contribution in [1.29, 1.82) is 0 Å². The van der Waals surface area contributed by atoms with Gasteiger partial charge in [0.05, 0.1) is 22.6 Å². The summed E-state index contributed by atoms with van der Waals surface area (Å²) in [7, 11) is -3.85. The number of carbonyl (C=O) groups excluding carboxylic acids is 1. The molecule has 2 N–H and O–H groups in total. The lowest BCUT2D eigenvalue weighted by Crippen LogP contribution is -2.45. The third kappa shape index (κ3) is 6.01. The van der Waals surface area contributed by atoms with Crippen LogP contribution >= 0.6 is 11.6 Å². The molecule has 0 saturated heterocycles. The van der Waals surface area contributed by atoms with Gasteiger partial charge in [0.1, 0.15) is 5.75 Å². The number of halogens is 1. The number of ether oxygens (including phenoxy) is 1. The highest BCUT2D eigenvalue weighted by atomic mass is 35.5. The van der Waals surface area contributed by atoms with E-state index < -0.39 is 16.1 Å². The summed E-state index contributed by atoms with van der Waals surface area (Å²) in [5.41, 5.74) is 0. The standard InChI is InChI=1S/C15H23ClN2O4S/c1-5-22-14-7-6-12(8-13(14)16)23(20,21)18-11(4)15(19)17-9-10(2)3/h6-8,10-11,18H,5,9H2,1-4H3,(H,17,19)/t11-/m1/s1. The lowest BCUT2D eigenvalue weighted by Gasteiger charge is -2.16. The first-order chi connectivity index (χ1) is 10.7. The number of rotatable bonds is 8. The fourth-order valence-corrected chi connectivity index (χ4v) is 3.26. The highest BCUT2D eigenvalue weighted by molar-refractivity contribution is 7.89.